The minimum atomic E-state index is 0.193. The summed E-state index contributed by atoms with van der Waals surface area (Å²) in [4.78, 5) is 12.4. The Hall–Kier alpha value is -1.71. The Morgan fingerprint density at radius 3 is 2.65 bits per heavy atom. The van der Waals surface area contributed by atoms with Crippen molar-refractivity contribution in [1.82, 2.24) is 4.90 Å². The van der Waals surface area contributed by atoms with Crippen molar-refractivity contribution < 1.29 is 14.3 Å². The average molecular weight is 235 g/mol. The quantitative estimate of drug-likeness (QED) is 0.745. The molecule has 17 heavy (non-hydrogen) atoms. The Morgan fingerprint density at radius 1 is 1.29 bits per heavy atom. The Morgan fingerprint density at radius 2 is 2.00 bits per heavy atom. The molecule has 1 fully saturated rings. The van der Waals surface area contributed by atoms with Gasteiger partial charge in [0, 0.05) is 32.0 Å². The first-order valence-electron chi connectivity index (χ1n) is 5.82. The van der Waals surface area contributed by atoms with E-state index in [-0.39, 0.29) is 6.10 Å². The minimum absolute atomic E-state index is 0.193. The second-order valence-electron chi connectivity index (χ2n) is 4.14. The van der Waals surface area contributed by atoms with Gasteiger partial charge in [-0.15, -0.1) is 0 Å². The van der Waals surface area contributed by atoms with Crippen molar-refractivity contribution in [2.45, 2.75) is 18.9 Å². The molecule has 0 atom stereocenters. The van der Waals surface area contributed by atoms with Gasteiger partial charge in [0.2, 0.25) is 6.41 Å². The fourth-order valence-corrected chi connectivity index (χ4v) is 1.97. The molecular formula is C13H17NO3. The molecule has 0 N–H and O–H groups in total. The van der Waals surface area contributed by atoms with Crippen molar-refractivity contribution in [3.63, 3.8) is 0 Å². The van der Waals surface area contributed by atoms with Crippen LogP contribution >= 0.6 is 0 Å². The summed E-state index contributed by atoms with van der Waals surface area (Å²) in [5, 5.41) is 0. The van der Waals surface area contributed by atoms with Gasteiger partial charge in [-0.25, -0.2) is 0 Å². The van der Waals surface area contributed by atoms with Crippen LogP contribution in [-0.2, 0) is 4.79 Å². The van der Waals surface area contributed by atoms with E-state index >= 15 is 0 Å². The van der Waals surface area contributed by atoms with Gasteiger partial charge in [-0.2, -0.15) is 0 Å². The lowest BCUT2D eigenvalue weighted by Crippen LogP contribution is -2.37. The number of piperidine rings is 1. The third-order valence-corrected chi connectivity index (χ3v) is 2.97. The van der Waals surface area contributed by atoms with Crippen molar-refractivity contribution in [2.24, 2.45) is 0 Å². The number of benzene rings is 1. The zero-order chi connectivity index (χ0) is 12.1. The molecule has 0 aliphatic carbocycles. The number of hydrogen-bond donors (Lipinski definition) is 0. The summed E-state index contributed by atoms with van der Waals surface area (Å²) in [7, 11) is 1.64. The molecule has 2 rings (SSSR count). The zero-order valence-electron chi connectivity index (χ0n) is 9.96. The van der Waals surface area contributed by atoms with Crippen LogP contribution in [0, 0.1) is 0 Å². The molecule has 0 spiro atoms. The van der Waals surface area contributed by atoms with Crippen LogP contribution in [0.1, 0.15) is 12.8 Å². The molecule has 0 radical (unpaired) electrons. The molecular weight excluding hydrogens is 218 g/mol. The average Bonchev–Trinajstić information content (AvgIpc) is 2.40. The van der Waals surface area contributed by atoms with E-state index in [0.29, 0.717) is 0 Å². The van der Waals surface area contributed by atoms with Crippen LogP contribution in [0.4, 0.5) is 0 Å². The number of hydrogen-bond acceptors (Lipinski definition) is 3. The van der Waals surface area contributed by atoms with Crippen LogP contribution in [0.25, 0.3) is 0 Å². The summed E-state index contributed by atoms with van der Waals surface area (Å²) in [5.74, 6) is 1.63. The van der Waals surface area contributed by atoms with E-state index in [1.165, 1.54) is 0 Å². The molecule has 1 aliphatic rings. The monoisotopic (exact) mass is 235 g/mol. The van der Waals surface area contributed by atoms with Gasteiger partial charge >= 0.3 is 0 Å². The molecule has 0 unspecified atom stereocenters. The van der Waals surface area contributed by atoms with E-state index in [1.54, 1.807) is 12.0 Å². The van der Waals surface area contributed by atoms with E-state index in [0.717, 1.165) is 43.8 Å². The van der Waals surface area contributed by atoms with Crippen LogP contribution in [0.3, 0.4) is 0 Å². The standard InChI is InChI=1S/C13H17NO3/c1-16-12-3-2-4-13(9-12)17-11-5-7-14(10-15)8-6-11/h2-4,9-11H,5-8H2,1H3. The number of ether oxygens (including phenoxy) is 2. The van der Waals surface area contributed by atoms with Gasteiger partial charge < -0.3 is 14.4 Å². The van der Waals surface area contributed by atoms with Crippen molar-refractivity contribution in [3.05, 3.63) is 24.3 Å². The summed E-state index contributed by atoms with van der Waals surface area (Å²) in [5.41, 5.74) is 0. The van der Waals surface area contributed by atoms with Gasteiger partial charge in [0.15, 0.2) is 0 Å². The predicted octanol–water partition coefficient (Wildman–Crippen LogP) is 1.69. The number of methoxy groups -OCH3 is 1. The Balaban J connectivity index is 1.90. The fourth-order valence-electron chi connectivity index (χ4n) is 1.97. The molecule has 1 aliphatic heterocycles. The van der Waals surface area contributed by atoms with E-state index < -0.39 is 0 Å². The highest BCUT2D eigenvalue weighted by molar-refractivity contribution is 5.47. The van der Waals surface area contributed by atoms with Crippen molar-refractivity contribution in [3.8, 4) is 11.5 Å². The summed E-state index contributed by atoms with van der Waals surface area (Å²) in [6.45, 7) is 1.55. The molecule has 1 amide bonds. The lowest BCUT2D eigenvalue weighted by Gasteiger charge is -2.29. The fraction of sp³-hybridized carbons (Fsp3) is 0.462. The van der Waals surface area contributed by atoms with Crippen LogP contribution < -0.4 is 9.47 Å². The van der Waals surface area contributed by atoms with Crippen molar-refractivity contribution in [1.29, 1.82) is 0 Å². The van der Waals surface area contributed by atoms with Crippen LogP contribution in [-0.4, -0.2) is 37.6 Å². The highest BCUT2D eigenvalue weighted by atomic mass is 16.5. The van der Waals surface area contributed by atoms with Crippen molar-refractivity contribution >= 4 is 6.41 Å². The molecule has 1 aromatic rings. The zero-order valence-corrected chi connectivity index (χ0v) is 9.96. The van der Waals surface area contributed by atoms with E-state index in [2.05, 4.69) is 0 Å². The number of carbonyl (C=O) groups is 1. The molecule has 4 heteroatoms. The maximum absolute atomic E-state index is 10.6. The van der Waals surface area contributed by atoms with Gasteiger partial charge in [-0.1, -0.05) is 6.07 Å². The maximum Gasteiger partial charge on any atom is 0.209 e. The highest BCUT2D eigenvalue weighted by Gasteiger charge is 2.19. The summed E-state index contributed by atoms with van der Waals surface area (Å²) in [6.07, 6.45) is 2.87. The second-order valence-corrected chi connectivity index (χ2v) is 4.14. The summed E-state index contributed by atoms with van der Waals surface area (Å²) < 4.78 is 11.0. The molecule has 4 nitrogen and oxygen atoms in total. The molecule has 1 aromatic carbocycles. The largest absolute Gasteiger partial charge is 0.497 e. The van der Waals surface area contributed by atoms with Gasteiger partial charge in [-0.3, -0.25) is 4.79 Å². The number of rotatable bonds is 4. The van der Waals surface area contributed by atoms with Crippen molar-refractivity contribution in [2.75, 3.05) is 20.2 Å². The first-order chi connectivity index (χ1) is 8.31. The number of nitrogens with zero attached hydrogens (tertiary/aromatic N) is 1. The third-order valence-electron chi connectivity index (χ3n) is 2.97. The number of likely N-dealkylation sites (tertiary alicyclic amines) is 1. The lowest BCUT2D eigenvalue weighted by atomic mass is 10.1. The normalized spacial score (nSPS) is 16.6. The molecule has 0 saturated carbocycles. The van der Waals surface area contributed by atoms with Crippen LogP contribution in [0.5, 0.6) is 11.5 Å². The van der Waals surface area contributed by atoms with Gasteiger partial charge in [0.1, 0.15) is 17.6 Å². The van der Waals surface area contributed by atoms with E-state index in [9.17, 15) is 4.79 Å². The molecule has 1 saturated heterocycles. The minimum Gasteiger partial charge on any atom is -0.497 e. The summed E-state index contributed by atoms with van der Waals surface area (Å²) in [6, 6.07) is 7.61. The lowest BCUT2D eigenvalue weighted by molar-refractivity contribution is -0.119. The topological polar surface area (TPSA) is 38.8 Å². The van der Waals surface area contributed by atoms with Crippen LogP contribution in [0.2, 0.25) is 0 Å². The van der Waals surface area contributed by atoms with Gasteiger partial charge in [0.05, 0.1) is 7.11 Å². The van der Waals surface area contributed by atoms with Gasteiger partial charge in [0.25, 0.3) is 0 Å². The smallest absolute Gasteiger partial charge is 0.209 e. The molecule has 92 valence electrons. The van der Waals surface area contributed by atoms with Crippen LogP contribution in [0.15, 0.2) is 24.3 Å². The molecule has 0 bridgehead atoms. The third kappa shape index (κ3) is 3.12. The molecule has 0 aromatic heterocycles. The summed E-state index contributed by atoms with van der Waals surface area (Å²) >= 11 is 0. The molecule has 1 heterocycles. The Labute approximate surface area is 101 Å². The number of amides is 1. The first kappa shape index (κ1) is 11.8. The second kappa shape index (κ2) is 5.57. The SMILES string of the molecule is COc1cccc(OC2CCN(C=O)CC2)c1. The highest BCUT2D eigenvalue weighted by Crippen LogP contribution is 2.22. The predicted molar refractivity (Wildman–Crippen MR) is 64.3 cm³/mol. The Bertz CT molecular complexity index is 373. The number of carbonyl (C=O) groups excluding carboxylic acids is 1. The van der Waals surface area contributed by atoms with E-state index in [4.69, 9.17) is 9.47 Å². The first-order valence-corrected chi connectivity index (χ1v) is 5.82. The van der Waals surface area contributed by atoms with Gasteiger partial charge in [-0.05, 0) is 12.1 Å². The van der Waals surface area contributed by atoms with E-state index in [1.807, 2.05) is 24.3 Å². The maximum atomic E-state index is 10.6. The Kier molecular flexibility index (Phi) is 3.85.